The van der Waals surface area contributed by atoms with Crippen LogP contribution in [0.4, 0.5) is 0 Å². The molecule has 0 radical (unpaired) electrons. The van der Waals surface area contributed by atoms with Gasteiger partial charge in [0.1, 0.15) is 0 Å². The highest BCUT2D eigenvalue weighted by Crippen LogP contribution is 2.37. The lowest BCUT2D eigenvalue weighted by molar-refractivity contribution is -0.139. The van der Waals surface area contributed by atoms with Gasteiger partial charge in [0.25, 0.3) is 0 Å². The van der Waals surface area contributed by atoms with E-state index in [4.69, 9.17) is 11.6 Å². The normalized spacial score (nSPS) is 21.2. The van der Waals surface area contributed by atoms with Crippen LogP contribution in [0.3, 0.4) is 0 Å². The van der Waals surface area contributed by atoms with Crippen LogP contribution in [0.1, 0.15) is 42.7 Å². The molecular formula is C21H25ClN2O3S2. The van der Waals surface area contributed by atoms with Gasteiger partial charge >= 0.3 is 0 Å². The number of amides is 1. The van der Waals surface area contributed by atoms with E-state index in [1.54, 1.807) is 23.5 Å². The number of piperidine rings is 1. The Bertz CT molecular complexity index is 980. The van der Waals surface area contributed by atoms with Gasteiger partial charge in [-0.2, -0.15) is 4.31 Å². The van der Waals surface area contributed by atoms with Crippen molar-refractivity contribution in [3.05, 3.63) is 51.2 Å². The Kier molecular flexibility index (Phi) is 6.02. The number of hydrogen-bond acceptors (Lipinski definition) is 4. The molecule has 1 aromatic heterocycles. The number of hydrogen-bond donors (Lipinski definition) is 0. The molecule has 4 rings (SSSR count). The maximum Gasteiger partial charge on any atom is 0.243 e. The van der Waals surface area contributed by atoms with E-state index in [9.17, 15) is 13.2 Å². The Hall–Kier alpha value is -1.41. The van der Waals surface area contributed by atoms with Gasteiger partial charge in [-0.15, -0.1) is 11.3 Å². The highest BCUT2D eigenvalue weighted by atomic mass is 35.5. The molecule has 3 heterocycles. The molecule has 1 atom stereocenters. The zero-order chi connectivity index (χ0) is 20.6. The summed E-state index contributed by atoms with van der Waals surface area (Å²) >= 11 is 7.65. The van der Waals surface area contributed by atoms with Crippen molar-refractivity contribution >= 4 is 38.9 Å². The number of rotatable bonds is 4. The van der Waals surface area contributed by atoms with E-state index < -0.39 is 10.0 Å². The maximum absolute atomic E-state index is 13.3. The topological polar surface area (TPSA) is 57.7 Å². The Labute approximate surface area is 181 Å². The molecule has 1 aromatic carbocycles. The molecule has 8 heteroatoms. The third kappa shape index (κ3) is 3.98. The minimum absolute atomic E-state index is 0.110. The SMILES string of the molecule is CCC1c2ccsc2CCN1C(=O)C1CCN(S(=O)(=O)c2ccc(Cl)cc2)CC1. The fourth-order valence-corrected chi connectivity index (χ4v) is 6.96. The summed E-state index contributed by atoms with van der Waals surface area (Å²) in [5.41, 5.74) is 1.29. The van der Waals surface area contributed by atoms with Gasteiger partial charge in [0.15, 0.2) is 0 Å². The Morgan fingerprint density at radius 3 is 2.48 bits per heavy atom. The molecule has 156 valence electrons. The quantitative estimate of drug-likeness (QED) is 0.693. The highest BCUT2D eigenvalue weighted by Gasteiger charge is 2.37. The number of nitrogens with zero attached hydrogens (tertiary/aromatic N) is 2. The number of carbonyl (C=O) groups is 1. The smallest absolute Gasteiger partial charge is 0.243 e. The predicted octanol–water partition coefficient (Wildman–Crippen LogP) is 4.34. The summed E-state index contributed by atoms with van der Waals surface area (Å²) in [6, 6.07) is 8.54. The first-order valence-corrected chi connectivity index (χ1v) is 12.7. The van der Waals surface area contributed by atoms with Crippen molar-refractivity contribution in [3.63, 3.8) is 0 Å². The summed E-state index contributed by atoms with van der Waals surface area (Å²) in [7, 11) is -3.55. The Morgan fingerprint density at radius 1 is 1.14 bits per heavy atom. The van der Waals surface area contributed by atoms with E-state index in [0.29, 0.717) is 31.0 Å². The van der Waals surface area contributed by atoms with Gasteiger partial charge in [-0.1, -0.05) is 18.5 Å². The second-order valence-electron chi connectivity index (χ2n) is 7.64. The van der Waals surface area contributed by atoms with E-state index in [1.165, 1.54) is 26.9 Å². The van der Waals surface area contributed by atoms with Crippen molar-refractivity contribution in [3.8, 4) is 0 Å². The van der Waals surface area contributed by atoms with Gasteiger partial charge in [0, 0.05) is 35.5 Å². The van der Waals surface area contributed by atoms with Gasteiger partial charge in [0.2, 0.25) is 15.9 Å². The average molecular weight is 453 g/mol. The van der Waals surface area contributed by atoms with E-state index >= 15 is 0 Å². The Balaban J connectivity index is 1.43. The minimum atomic E-state index is -3.55. The van der Waals surface area contributed by atoms with Crippen molar-refractivity contribution in [1.29, 1.82) is 0 Å². The highest BCUT2D eigenvalue weighted by molar-refractivity contribution is 7.89. The molecule has 29 heavy (non-hydrogen) atoms. The van der Waals surface area contributed by atoms with Crippen LogP contribution in [0.5, 0.6) is 0 Å². The van der Waals surface area contributed by atoms with Crippen LogP contribution in [0.15, 0.2) is 40.6 Å². The van der Waals surface area contributed by atoms with Crippen molar-refractivity contribution in [1.82, 2.24) is 9.21 Å². The fourth-order valence-electron chi connectivity index (χ4n) is 4.43. The second-order valence-corrected chi connectivity index (χ2v) is 11.0. The molecule has 2 aromatic rings. The van der Waals surface area contributed by atoms with Gasteiger partial charge in [-0.05, 0) is 67.0 Å². The van der Waals surface area contributed by atoms with Crippen LogP contribution in [-0.4, -0.2) is 43.2 Å². The molecule has 2 aliphatic rings. The minimum Gasteiger partial charge on any atom is -0.335 e. The number of halogens is 1. The van der Waals surface area contributed by atoms with E-state index in [1.807, 2.05) is 4.90 Å². The Morgan fingerprint density at radius 2 is 1.83 bits per heavy atom. The zero-order valence-corrected chi connectivity index (χ0v) is 18.8. The molecule has 1 saturated heterocycles. The molecule has 0 aliphatic carbocycles. The second kappa shape index (κ2) is 8.38. The van der Waals surface area contributed by atoms with Gasteiger partial charge < -0.3 is 4.90 Å². The molecule has 1 amide bonds. The molecule has 0 spiro atoms. The van der Waals surface area contributed by atoms with E-state index in [2.05, 4.69) is 18.4 Å². The number of sulfonamides is 1. The summed E-state index contributed by atoms with van der Waals surface area (Å²) in [6.07, 6.45) is 2.95. The molecule has 2 aliphatic heterocycles. The molecule has 0 bridgehead atoms. The van der Waals surface area contributed by atoms with E-state index in [-0.39, 0.29) is 22.8 Å². The number of benzene rings is 1. The van der Waals surface area contributed by atoms with Crippen molar-refractivity contribution in [2.75, 3.05) is 19.6 Å². The van der Waals surface area contributed by atoms with Crippen LogP contribution < -0.4 is 0 Å². The third-order valence-electron chi connectivity index (χ3n) is 6.02. The summed E-state index contributed by atoms with van der Waals surface area (Å²) < 4.78 is 27.2. The number of carbonyl (C=O) groups excluding carboxylic acids is 1. The van der Waals surface area contributed by atoms with Crippen LogP contribution in [0.2, 0.25) is 5.02 Å². The predicted molar refractivity (Wildman–Crippen MR) is 116 cm³/mol. The van der Waals surface area contributed by atoms with Crippen molar-refractivity contribution in [2.24, 2.45) is 5.92 Å². The maximum atomic E-state index is 13.3. The van der Waals surface area contributed by atoms with E-state index in [0.717, 1.165) is 19.4 Å². The molecule has 0 saturated carbocycles. The molecule has 1 unspecified atom stereocenters. The largest absolute Gasteiger partial charge is 0.335 e. The van der Waals surface area contributed by atoms with Crippen molar-refractivity contribution in [2.45, 2.75) is 43.5 Å². The average Bonchev–Trinajstić information content (AvgIpc) is 3.22. The molecular weight excluding hydrogens is 428 g/mol. The summed E-state index contributed by atoms with van der Waals surface area (Å²) in [6.45, 7) is 3.62. The summed E-state index contributed by atoms with van der Waals surface area (Å²) in [5, 5.41) is 2.62. The lowest BCUT2D eigenvalue weighted by Gasteiger charge is -2.39. The van der Waals surface area contributed by atoms with Crippen LogP contribution in [-0.2, 0) is 21.2 Å². The molecule has 1 fully saturated rings. The van der Waals surface area contributed by atoms with Gasteiger partial charge in [-0.25, -0.2) is 8.42 Å². The zero-order valence-electron chi connectivity index (χ0n) is 16.4. The summed E-state index contributed by atoms with van der Waals surface area (Å²) in [5.74, 6) is 0.0677. The standard InChI is InChI=1S/C21H25ClN2O3S2/c1-2-19-18-10-14-28-20(18)9-13-24(19)21(25)15-7-11-23(12-8-15)29(26,27)17-5-3-16(22)4-6-17/h3-6,10,14-15,19H,2,7-9,11-13H2,1H3. The van der Waals surface area contributed by atoms with Crippen molar-refractivity contribution < 1.29 is 13.2 Å². The first-order chi connectivity index (χ1) is 13.9. The lowest BCUT2D eigenvalue weighted by atomic mass is 9.92. The van der Waals surface area contributed by atoms with Crippen LogP contribution in [0, 0.1) is 5.92 Å². The molecule has 5 nitrogen and oxygen atoms in total. The van der Waals surface area contributed by atoms with Crippen LogP contribution in [0.25, 0.3) is 0 Å². The lowest BCUT2D eigenvalue weighted by Crippen LogP contribution is -2.47. The van der Waals surface area contributed by atoms with Crippen LogP contribution >= 0.6 is 22.9 Å². The third-order valence-corrected chi connectivity index (χ3v) is 9.18. The van der Waals surface area contributed by atoms with Gasteiger partial charge in [-0.3, -0.25) is 4.79 Å². The summed E-state index contributed by atoms with van der Waals surface area (Å²) in [4.78, 5) is 16.9. The first-order valence-electron chi connectivity index (χ1n) is 10.0. The number of thiophene rings is 1. The first kappa shape index (κ1) is 20.8. The van der Waals surface area contributed by atoms with Gasteiger partial charge in [0.05, 0.1) is 10.9 Å². The fraction of sp³-hybridized carbons (Fsp3) is 0.476. The number of fused-ring (bicyclic) bond motifs is 1. The monoisotopic (exact) mass is 452 g/mol. The molecule has 0 N–H and O–H groups in total.